The number of ether oxygens (including phenoxy) is 2. The molecule has 0 amide bonds. The summed E-state index contributed by atoms with van der Waals surface area (Å²) in [6.07, 6.45) is 1.22. The van der Waals surface area contributed by atoms with E-state index in [9.17, 15) is 26.8 Å². The lowest BCUT2D eigenvalue weighted by Gasteiger charge is -2.15. The van der Waals surface area contributed by atoms with Gasteiger partial charge in [-0.05, 0) is 31.2 Å². The van der Waals surface area contributed by atoms with E-state index < -0.39 is 33.2 Å². The van der Waals surface area contributed by atoms with Crippen LogP contribution in [0, 0.1) is 5.92 Å². The van der Waals surface area contributed by atoms with Crippen LogP contribution in [0.1, 0.15) is 30.8 Å². The number of aryl methyl sites for hydroxylation is 1. The third kappa shape index (κ3) is 4.31. The number of esters is 1. The van der Waals surface area contributed by atoms with Crippen LogP contribution in [0.25, 0.3) is 22.0 Å². The Labute approximate surface area is 194 Å². The van der Waals surface area contributed by atoms with Crippen LogP contribution in [0.5, 0.6) is 5.75 Å². The highest BCUT2D eigenvalue weighted by Gasteiger charge is 2.57. The van der Waals surface area contributed by atoms with E-state index in [0.29, 0.717) is 16.5 Å². The Morgan fingerprint density at radius 1 is 1.24 bits per heavy atom. The van der Waals surface area contributed by atoms with Gasteiger partial charge >= 0.3 is 5.97 Å². The van der Waals surface area contributed by atoms with Gasteiger partial charge in [-0.25, -0.2) is 22.0 Å². The number of H-pyrrole nitrogens is 1. The highest BCUT2D eigenvalue weighted by Crippen LogP contribution is 2.49. The lowest BCUT2D eigenvalue weighted by Crippen LogP contribution is -2.17. The quantitative estimate of drug-likeness (QED) is 0.480. The average Bonchev–Trinajstić information content (AvgIpc) is 3.19. The summed E-state index contributed by atoms with van der Waals surface area (Å²) < 4.78 is 63.9. The number of hydrogen-bond acceptors (Lipinski definition) is 6. The SMILES string of the molecule is CCOC(=O)c1cc2c(-c3cc(S(=O)(=O)CC)ccc3OCC3CC3(F)F)cn(C)c(=O)c2[nH]1. The minimum Gasteiger partial charge on any atom is -0.492 e. The van der Waals surface area contributed by atoms with E-state index >= 15 is 0 Å². The molecule has 0 aliphatic heterocycles. The minimum atomic E-state index is -3.60. The van der Waals surface area contributed by atoms with Gasteiger partial charge in [-0.3, -0.25) is 4.79 Å². The van der Waals surface area contributed by atoms with Gasteiger partial charge in [0, 0.05) is 36.2 Å². The Morgan fingerprint density at radius 2 is 1.94 bits per heavy atom. The number of aromatic nitrogens is 2. The summed E-state index contributed by atoms with van der Waals surface area (Å²) in [5.41, 5.74) is 0.458. The van der Waals surface area contributed by atoms with Gasteiger partial charge in [0.05, 0.1) is 29.8 Å². The second-order valence-corrected chi connectivity index (χ2v) is 10.5. The number of aromatic amines is 1. The van der Waals surface area contributed by atoms with Crippen LogP contribution >= 0.6 is 0 Å². The summed E-state index contributed by atoms with van der Waals surface area (Å²) in [6.45, 7) is 3.06. The molecule has 34 heavy (non-hydrogen) atoms. The van der Waals surface area contributed by atoms with Gasteiger partial charge in [-0.2, -0.15) is 0 Å². The Bertz CT molecular complexity index is 1440. The lowest BCUT2D eigenvalue weighted by atomic mass is 10.0. The van der Waals surface area contributed by atoms with Crippen molar-refractivity contribution >= 4 is 26.7 Å². The van der Waals surface area contributed by atoms with Crippen LogP contribution in [0.3, 0.4) is 0 Å². The highest BCUT2D eigenvalue weighted by molar-refractivity contribution is 7.91. The first-order valence-electron chi connectivity index (χ1n) is 10.8. The highest BCUT2D eigenvalue weighted by atomic mass is 32.2. The van der Waals surface area contributed by atoms with Crippen molar-refractivity contribution in [2.45, 2.75) is 31.1 Å². The maximum absolute atomic E-state index is 13.4. The molecule has 2 aromatic heterocycles. The number of sulfone groups is 1. The third-order valence-corrected chi connectivity index (χ3v) is 7.57. The van der Waals surface area contributed by atoms with E-state index in [2.05, 4.69) is 4.98 Å². The van der Waals surface area contributed by atoms with Crippen LogP contribution in [0.2, 0.25) is 0 Å². The molecular weight excluding hydrogens is 470 g/mol. The number of alkyl halides is 2. The number of halogens is 2. The molecule has 1 N–H and O–H groups in total. The maximum Gasteiger partial charge on any atom is 0.354 e. The van der Waals surface area contributed by atoms with Gasteiger partial charge in [0.1, 0.15) is 17.0 Å². The summed E-state index contributed by atoms with van der Waals surface area (Å²) in [6, 6.07) is 5.64. The summed E-state index contributed by atoms with van der Waals surface area (Å²) >= 11 is 0. The second-order valence-electron chi connectivity index (χ2n) is 8.19. The number of hydrogen-bond donors (Lipinski definition) is 1. The number of nitrogens with one attached hydrogen (secondary N) is 1. The molecule has 2 heterocycles. The van der Waals surface area contributed by atoms with Crippen molar-refractivity contribution in [2.75, 3.05) is 19.0 Å². The van der Waals surface area contributed by atoms with Gasteiger partial charge in [-0.15, -0.1) is 0 Å². The molecule has 4 rings (SSSR count). The molecule has 0 radical (unpaired) electrons. The molecule has 3 aromatic rings. The Balaban J connectivity index is 1.91. The van der Waals surface area contributed by atoms with Crippen LogP contribution in [0.15, 0.2) is 40.2 Å². The van der Waals surface area contributed by atoms with Crippen LogP contribution in [-0.4, -0.2) is 48.8 Å². The molecule has 0 saturated heterocycles. The summed E-state index contributed by atoms with van der Waals surface area (Å²) in [5.74, 6) is -4.29. The largest absolute Gasteiger partial charge is 0.492 e. The molecule has 1 fully saturated rings. The molecule has 11 heteroatoms. The van der Waals surface area contributed by atoms with Crippen molar-refractivity contribution in [3.63, 3.8) is 0 Å². The van der Waals surface area contributed by atoms with Crippen LogP contribution < -0.4 is 10.3 Å². The molecular formula is C23H24F2N2O6S. The van der Waals surface area contributed by atoms with Crippen molar-refractivity contribution in [1.29, 1.82) is 0 Å². The van der Waals surface area contributed by atoms with Gasteiger partial charge in [0.25, 0.3) is 11.5 Å². The number of pyridine rings is 1. The number of fused-ring (bicyclic) bond motifs is 1. The van der Waals surface area contributed by atoms with Gasteiger partial charge in [0.2, 0.25) is 0 Å². The predicted molar refractivity (Wildman–Crippen MR) is 121 cm³/mol. The third-order valence-electron chi connectivity index (χ3n) is 5.84. The van der Waals surface area contributed by atoms with Crippen molar-refractivity contribution in [3.05, 3.63) is 46.5 Å². The predicted octanol–water partition coefficient (Wildman–Crippen LogP) is 3.54. The first-order chi connectivity index (χ1) is 16.0. The molecule has 0 spiro atoms. The summed E-state index contributed by atoms with van der Waals surface area (Å²) in [5, 5.41) is 0.346. The van der Waals surface area contributed by atoms with E-state index in [4.69, 9.17) is 9.47 Å². The van der Waals surface area contributed by atoms with Gasteiger partial charge in [-0.1, -0.05) is 6.92 Å². The zero-order chi connectivity index (χ0) is 24.8. The number of carbonyl (C=O) groups is 1. The van der Waals surface area contributed by atoms with E-state index in [-0.39, 0.29) is 47.2 Å². The zero-order valence-corrected chi connectivity index (χ0v) is 19.7. The smallest absolute Gasteiger partial charge is 0.354 e. The normalized spacial score (nSPS) is 17.0. The van der Waals surface area contributed by atoms with Crippen molar-refractivity contribution in [2.24, 2.45) is 13.0 Å². The van der Waals surface area contributed by atoms with E-state index in [1.54, 1.807) is 6.92 Å². The second kappa shape index (κ2) is 8.53. The fourth-order valence-corrected chi connectivity index (χ4v) is 4.62. The lowest BCUT2D eigenvalue weighted by molar-refractivity contribution is 0.0520. The van der Waals surface area contributed by atoms with Crippen LogP contribution in [0.4, 0.5) is 8.78 Å². The van der Waals surface area contributed by atoms with Gasteiger partial charge in [0.15, 0.2) is 9.84 Å². The average molecular weight is 495 g/mol. The molecule has 1 saturated carbocycles. The number of benzene rings is 1. The topological polar surface area (TPSA) is 107 Å². The number of nitrogens with zero attached hydrogens (tertiary/aromatic N) is 1. The van der Waals surface area contributed by atoms with Crippen molar-refractivity contribution in [1.82, 2.24) is 9.55 Å². The molecule has 0 bridgehead atoms. The molecule has 1 aliphatic carbocycles. The van der Waals surface area contributed by atoms with Gasteiger partial charge < -0.3 is 19.0 Å². The van der Waals surface area contributed by atoms with E-state index in [1.807, 2.05) is 0 Å². The molecule has 8 nitrogen and oxygen atoms in total. The molecule has 182 valence electrons. The first kappa shape index (κ1) is 23.9. The minimum absolute atomic E-state index is 0.0252. The fourth-order valence-electron chi connectivity index (χ4n) is 3.71. The van der Waals surface area contributed by atoms with Crippen molar-refractivity contribution < 1.29 is 31.5 Å². The molecule has 1 aromatic carbocycles. The zero-order valence-electron chi connectivity index (χ0n) is 18.9. The Kier molecular flexibility index (Phi) is 6.01. The molecule has 1 atom stereocenters. The first-order valence-corrected chi connectivity index (χ1v) is 12.4. The molecule has 1 aliphatic rings. The standard InChI is InChI=1S/C23H24F2N2O6S/c1-4-32-22(29)18-9-16-17(11-27(3)21(28)20(16)26-18)15-8-14(34(30,31)5-2)6-7-19(15)33-12-13-10-23(13,24)25/h6-9,11,13,26H,4-5,10,12H2,1-3H3. The summed E-state index contributed by atoms with van der Waals surface area (Å²) in [7, 11) is -2.09. The molecule has 1 unspecified atom stereocenters. The van der Waals surface area contributed by atoms with E-state index in [0.717, 1.165) is 0 Å². The summed E-state index contributed by atoms with van der Waals surface area (Å²) in [4.78, 5) is 27.8. The van der Waals surface area contributed by atoms with E-state index in [1.165, 1.54) is 49.0 Å². The Morgan fingerprint density at radius 3 is 2.56 bits per heavy atom. The fraction of sp³-hybridized carbons (Fsp3) is 0.391. The number of rotatable bonds is 8. The maximum atomic E-state index is 13.4. The van der Waals surface area contributed by atoms with Crippen LogP contribution in [-0.2, 0) is 21.6 Å². The monoisotopic (exact) mass is 494 g/mol. The van der Waals surface area contributed by atoms with Crippen molar-refractivity contribution in [3.8, 4) is 16.9 Å². The Hall–Kier alpha value is -3.21. The number of carbonyl (C=O) groups excluding carboxylic acids is 1.